The number of hydrogen-bond donors (Lipinski definition) is 0. The van der Waals surface area contributed by atoms with Gasteiger partial charge in [0.25, 0.3) is 0 Å². The van der Waals surface area contributed by atoms with Crippen LogP contribution < -0.4 is 0 Å². The monoisotopic (exact) mass is 182 g/mol. The number of ketones is 1. The standard InChI is InChI=1S/C10H8F2O/c11-7-3-4-9(12)8(5-7)10(13)6-1-2-6/h3-6H,1-2H2. The molecule has 1 aliphatic carbocycles. The van der Waals surface area contributed by atoms with Crippen LogP contribution in [-0.2, 0) is 0 Å². The SMILES string of the molecule is O=C(c1cc(F)ccc1F)C1CC1. The van der Waals surface area contributed by atoms with Gasteiger partial charge in [0.05, 0.1) is 5.56 Å². The second kappa shape index (κ2) is 2.91. The molecule has 0 unspecified atom stereocenters. The number of Topliss-reactive ketones (excluding diaryl/α,β-unsaturated/α-hetero) is 1. The average molecular weight is 182 g/mol. The molecule has 0 bridgehead atoms. The van der Waals surface area contributed by atoms with E-state index < -0.39 is 11.6 Å². The van der Waals surface area contributed by atoms with E-state index in [1.54, 1.807) is 0 Å². The number of halogens is 2. The Hall–Kier alpha value is -1.25. The molecule has 68 valence electrons. The smallest absolute Gasteiger partial charge is 0.168 e. The first-order chi connectivity index (χ1) is 6.18. The summed E-state index contributed by atoms with van der Waals surface area (Å²) in [5, 5.41) is 0. The van der Waals surface area contributed by atoms with Gasteiger partial charge in [-0.1, -0.05) is 0 Å². The van der Waals surface area contributed by atoms with E-state index in [1.807, 2.05) is 0 Å². The highest BCUT2D eigenvalue weighted by molar-refractivity contribution is 5.99. The topological polar surface area (TPSA) is 17.1 Å². The molecule has 1 aromatic carbocycles. The number of benzene rings is 1. The zero-order chi connectivity index (χ0) is 9.42. The highest BCUT2D eigenvalue weighted by Crippen LogP contribution is 2.33. The van der Waals surface area contributed by atoms with Crippen LogP contribution in [0, 0.1) is 17.6 Å². The third kappa shape index (κ3) is 1.59. The Kier molecular flexibility index (Phi) is 1.87. The van der Waals surface area contributed by atoms with Crippen molar-refractivity contribution >= 4 is 5.78 Å². The van der Waals surface area contributed by atoms with Crippen molar-refractivity contribution in [1.82, 2.24) is 0 Å². The van der Waals surface area contributed by atoms with E-state index in [4.69, 9.17) is 0 Å². The van der Waals surface area contributed by atoms with Gasteiger partial charge in [0, 0.05) is 5.92 Å². The summed E-state index contributed by atoms with van der Waals surface area (Å²) >= 11 is 0. The minimum Gasteiger partial charge on any atom is -0.294 e. The lowest BCUT2D eigenvalue weighted by Crippen LogP contribution is -2.04. The van der Waals surface area contributed by atoms with E-state index in [0.29, 0.717) is 0 Å². The number of hydrogen-bond acceptors (Lipinski definition) is 1. The zero-order valence-electron chi connectivity index (χ0n) is 6.89. The maximum absolute atomic E-state index is 13.0. The molecule has 1 nitrogen and oxygen atoms in total. The second-order valence-corrected chi connectivity index (χ2v) is 3.26. The van der Waals surface area contributed by atoms with Crippen LogP contribution in [0.25, 0.3) is 0 Å². The molecule has 0 aliphatic heterocycles. The molecular formula is C10H8F2O. The van der Waals surface area contributed by atoms with Gasteiger partial charge in [-0.15, -0.1) is 0 Å². The summed E-state index contributed by atoms with van der Waals surface area (Å²) in [7, 11) is 0. The van der Waals surface area contributed by atoms with Crippen LogP contribution in [-0.4, -0.2) is 5.78 Å². The van der Waals surface area contributed by atoms with E-state index in [0.717, 1.165) is 31.0 Å². The molecule has 0 radical (unpaired) electrons. The van der Waals surface area contributed by atoms with E-state index in [-0.39, 0.29) is 17.3 Å². The van der Waals surface area contributed by atoms with Crippen molar-refractivity contribution in [2.45, 2.75) is 12.8 Å². The number of carbonyl (C=O) groups is 1. The second-order valence-electron chi connectivity index (χ2n) is 3.26. The Balaban J connectivity index is 2.37. The van der Waals surface area contributed by atoms with Crippen LogP contribution in [0.4, 0.5) is 8.78 Å². The van der Waals surface area contributed by atoms with Crippen LogP contribution in [0.3, 0.4) is 0 Å². The van der Waals surface area contributed by atoms with Crippen LogP contribution in [0.5, 0.6) is 0 Å². The zero-order valence-corrected chi connectivity index (χ0v) is 6.89. The maximum atomic E-state index is 13.0. The normalized spacial score (nSPS) is 15.8. The van der Waals surface area contributed by atoms with Crippen LogP contribution >= 0.6 is 0 Å². The van der Waals surface area contributed by atoms with Gasteiger partial charge < -0.3 is 0 Å². The molecular weight excluding hydrogens is 174 g/mol. The van der Waals surface area contributed by atoms with E-state index in [1.165, 1.54) is 0 Å². The summed E-state index contributed by atoms with van der Waals surface area (Å²) in [6.07, 6.45) is 1.60. The third-order valence-corrected chi connectivity index (χ3v) is 2.14. The number of rotatable bonds is 2. The lowest BCUT2D eigenvalue weighted by atomic mass is 10.1. The summed E-state index contributed by atoms with van der Waals surface area (Å²) in [4.78, 5) is 11.4. The van der Waals surface area contributed by atoms with E-state index in [2.05, 4.69) is 0 Å². The Bertz CT molecular complexity index is 356. The van der Waals surface area contributed by atoms with E-state index in [9.17, 15) is 13.6 Å². The summed E-state index contributed by atoms with van der Waals surface area (Å²) < 4.78 is 25.7. The van der Waals surface area contributed by atoms with Gasteiger partial charge in [0.15, 0.2) is 5.78 Å². The van der Waals surface area contributed by atoms with Crippen molar-refractivity contribution in [3.63, 3.8) is 0 Å². The molecule has 0 amide bonds. The molecule has 1 aromatic rings. The summed E-state index contributed by atoms with van der Waals surface area (Å²) in [6.45, 7) is 0. The summed E-state index contributed by atoms with van der Waals surface area (Å²) in [6, 6.07) is 2.97. The molecule has 1 fully saturated rings. The molecule has 0 N–H and O–H groups in total. The predicted octanol–water partition coefficient (Wildman–Crippen LogP) is 2.56. The van der Waals surface area contributed by atoms with Crippen molar-refractivity contribution in [2.24, 2.45) is 5.92 Å². The van der Waals surface area contributed by atoms with Gasteiger partial charge in [-0.2, -0.15) is 0 Å². The fraction of sp³-hybridized carbons (Fsp3) is 0.300. The van der Waals surface area contributed by atoms with Gasteiger partial charge in [-0.25, -0.2) is 8.78 Å². The van der Waals surface area contributed by atoms with Crippen LogP contribution in [0.15, 0.2) is 18.2 Å². The van der Waals surface area contributed by atoms with Gasteiger partial charge in [0.2, 0.25) is 0 Å². The molecule has 13 heavy (non-hydrogen) atoms. The van der Waals surface area contributed by atoms with Crippen molar-refractivity contribution in [1.29, 1.82) is 0 Å². The Morgan fingerprint density at radius 1 is 1.31 bits per heavy atom. The molecule has 2 rings (SSSR count). The third-order valence-electron chi connectivity index (χ3n) is 2.14. The van der Waals surface area contributed by atoms with E-state index >= 15 is 0 Å². The molecule has 0 aromatic heterocycles. The largest absolute Gasteiger partial charge is 0.294 e. The summed E-state index contributed by atoms with van der Waals surface area (Å²) in [5.41, 5.74) is -0.109. The van der Waals surface area contributed by atoms with Crippen molar-refractivity contribution < 1.29 is 13.6 Å². The Morgan fingerprint density at radius 3 is 2.62 bits per heavy atom. The summed E-state index contributed by atoms with van der Waals surface area (Å²) in [5.74, 6) is -1.53. The van der Waals surface area contributed by atoms with Gasteiger partial charge in [0.1, 0.15) is 11.6 Å². The lowest BCUT2D eigenvalue weighted by molar-refractivity contribution is 0.0963. The van der Waals surface area contributed by atoms with Crippen molar-refractivity contribution in [3.05, 3.63) is 35.4 Å². The molecule has 0 heterocycles. The minimum atomic E-state index is -0.627. The molecule has 1 aliphatic rings. The Labute approximate surface area is 74.4 Å². The molecule has 0 atom stereocenters. The Morgan fingerprint density at radius 2 is 2.00 bits per heavy atom. The fourth-order valence-corrected chi connectivity index (χ4v) is 1.25. The van der Waals surface area contributed by atoms with Gasteiger partial charge >= 0.3 is 0 Å². The molecule has 0 spiro atoms. The van der Waals surface area contributed by atoms with Gasteiger partial charge in [-0.05, 0) is 31.0 Å². The first kappa shape index (κ1) is 8.35. The van der Waals surface area contributed by atoms with Gasteiger partial charge in [-0.3, -0.25) is 4.79 Å². The number of carbonyl (C=O) groups excluding carboxylic acids is 1. The highest BCUT2D eigenvalue weighted by atomic mass is 19.1. The molecule has 3 heteroatoms. The van der Waals surface area contributed by atoms with Crippen LogP contribution in [0.2, 0.25) is 0 Å². The first-order valence-electron chi connectivity index (χ1n) is 4.18. The molecule has 0 saturated heterocycles. The van der Waals surface area contributed by atoms with Crippen LogP contribution in [0.1, 0.15) is 23.2 Å². The predicted molar refractivity (Wildman–Crippen MR) is 43.4 cm³/mol. The van der Waals surface area contributed by atoms with Crippen molar-refractivity contribution in [2.75, 3.05) is 0 Å². The average Bonchev–Trinajstić information content (AvgIpc) is 2.91. The highest BCUT2D eigenvalue weighted by Gasteiger charge is 2.32. The minimum absolute atomic E-state index is 0.0729. The maximum Gasteiger partial charge on any atom is 0.168 e. The van der Waals surface area contributed by atoms with Crippen molar-refractivity contribution in [3.8, 4) is 0 Å². The first-order valence-corrected chi connectivity index (χ1v) is 4.18. The quantitative estimate of drug-likeness (QED) is 0.642. The lowest BCUT2D eigenvalue weighted by Gasteiger charge is -2.00. The fourth-order valence-electron chi connectivity index (χ4n) is 1.25. The molecule has 1 saturated carbocycles.